The summed E-state index contributed by atoms with van der Waals surface area (Å²) in [4.78, 5) is 13.9. The summed E-state index contributed by atoms with van der Waals surface area (Å²) < 4.78 is 0. The Kier molecular flexibility index (Phi) is 3.13. The van der Waals surface area contributed by atoms with Crippen molar-refractivity contribution in [3.05, 3.63) is 12.2 Å². The number of carbonyl (C=O) groups is 1. The maximum atomic E-state index is 12.0. The van der Waals surface area contributed by atoms with E-state index in [1.165, 1.54) is 0 Å². The van der Waals surface area contributed by atoms with Gasteiger partial charge in [-0.05, 0) is 6.42 Å². The average Bonchev–Trinajstić information content (AvgIpc) is 2.65. The fourth-order valence-electron chi connectivity index (χ4n) is 1.93. The number of carbonyl (C=O) groups excluding carboxylic acids is 1. The molecule has 1 heterocycles. The first-order valence-corrected chi connectivity index (χ1v) is 6.23. The van der Waals surface area contributed by atoms with Gasteiger partial charge in [-0.25, -0.2) is 0 Å². The van der Waals surface area contributed by atoms with E-state index in [0.717, 1.165) is 31.0 Å². The minimum absolute atomic E-state index is 0.0492. The van der Waals surface area contributed by atoms with E-state index < -0.39 is 0 Å². The Labute approximate surface area is 88.7 Å². The van der Waals surface area contributed by atoms with Crippen molar-refractivity contribution < 1.29 is 4.79 Å². The van der Waals surface area contributed by atoms with Gasteiger partial charge in [0.05, 0.1) is 5.92 Å². The fraction of sp³-hybridized carbons (Fsp3) is 0.700. The predicted molar refractivity (Wildman–Crippen MR) is 59.1 cm³/mol. The highest BCUT2D eigenvalue weighted by Gasteiger charge is 2.27. The highest BCUT2D eigenvalue weighted by atomic mass is 32.2. The van der Waals surface area contributed by atoms with Gasteiger partial charge in [-0.1, -0.05) is 12.2 Å². The number of thioether (sulfide) groups is 1. The number of nitrogens with two attached hydrogens (primary N) is 1. The molecule has 0 aromatic carbocycles. The summed E-state index contributed by atoms with van der Waals surface area (Å²) in [6.45, 7) is 1.81. The van der Waals surface area contributed by atoms with E-state index in [-0.39, 0.29) is 17.9 Å². The van der Waals surface area contributed by atoms with E-state index in [0.29, 0.717) is 0 Å². The minimum Gasteiger partial charge on any atom is -0.341 e. The molecule has 0 radical (unpaired) electrons. The standard InChI is InChI=1S/C10H16N2OS/c11-9-2-1-8(7-9)10(13)12-3-5-14-6-4-12/h1-2,8-9H,3-7,11H2. The van der Waals surface area contributed by atoms with Gasteiger partial charge in [-0.3, -0.25) is 4.79 Å². The lowest BCUT2D eigenvalue weighted by Gasteiger charge is -2.28. The SMILES string of the molecule is NC1C=CC(C(=O)N2CCSCC2)C1. The molecule has 0 aromatic heterocycles. The Balaban J connectivity index is 1.91. The van der Waals surface area contributed by atoms with Gasteiger partial charge in [0.1, 0.15) is 0 Å². The van der Waals surface area contributed by atoms with Gasteiger partial charge in [0.25, 0.3) is 0 Å². The summed E-state index contributed by atoms with van der Waals surface area (Å²) in [5.74, 6) is 2.48. The number of rotatable bonds is 1. The zero-order valence-corrected chi connectivity index (χ0v) is 9.00. The van der Waals surface area contributed by atoms with Crippen LogP contribution < -0.4 is 5.73 Å². The molecule has 0 saturated carbocycles. The topological polar surface area (TPSA) is 46.3 Å². The van der Waals surface area contributed by atoms with Crippen LogP contribution >= 0.6 is 11.8 Å². The van der Waals surface area contributed by atoms with Crippen LogP contribution in [-0.2, 0) is 4.79 Å². The summed E-state index contributed by atoms with van der Waals surface area (Å²) in [5.41, 5.74) is 5.73. The highest BCUT2D eigenvalue weighted by molar-refractivity contribution is 7.99. The van der Waals surface area contributed by atoms with Crippen LogP contribution in [-0.4, -0.2) is 41.4 Å². The molecule has 1 aliphatic heterocycles. The van der Waals surface area contributed by atoms with E-state index in [9.17, 15) is 4.79 Å². The molecule has 2 aliphatic rings. The lowest BCUT2D eigenvalue weighted by Crippen LogP contribution is -2.41. The molecule has 3 nitrogen and oxygen atoms in total. The van der Waals surface area contributed by atoms with Crippen LogP contribution in [0.5, 0.6) is 0 Å². The van der Waals surface area contributed by atoms with Crippen molar-refractivity contribution in [2.45, 2.75) is 12.5 Å². The van der Waals surface area contributed by atoms with E-state index >= 15 is 0 Å². The zero-order valence-electron chi connectivity index (χ0n) is 8.19. The van der Waals surface area contributed by atoms with Crippen LogP contribution in [0.1, 0.15) is 6.42 Å². The van der Waals surface area contributed by atoms with E-state index in [1.807, 2.05) is 28.8 Å². The first-order chi connectivity index (χ1) is 6.77. The molecule has 2 unspecified atom stereocenters. The lowest BCUT2D eigenvalue weighted by molar-refractivity contribution is -0.133. The second kappa shape index (κ2) is 4.36. The van der Waals surface area contributed by atoms with Crippen molar-refractivity contribution in [3.63, 3.8) is 0 Å². The van der Waals surface area contributed by atoms with Gasteiger partial charge in [-0.2, -0.15) is 11.8 Å². The molecule has 1 amide bonds. The molecule has 2 rings (SSSR count). The minimum atomic E-state index is 0.0492. The predicted octanol–water partition coefficient (Wildman–Crippen LogP) is 0.465. The van der Waals surface area contributed by atoms with E-state index in [2.05, 4.69) is 0 Å². The highest BCUT2D eigenvalue weighted by Crippen LogP contribution is 2.20. The average molecular weight is 212 g/mol. The summed E-state index contributed by atoms with van der Waals surface area (Å²) in [5, 5.41) is 0. The summed E-state index contributed by atoms with van der Waals surface area (Å²) in [7, 11) is 0. The third-order valence-electron chi connectivity index (χ3n) is 2.76. The van der Waals surface area contributed by atoms with Crippen molar-refractivity contribution in [2.75, 3.05) is 24.6 Å². The van der Waals surface area contributed by atoms with Crippen molar-refractivity contribution in [3.8, 4) is 0 Å². The van der Waals surface area contributed by atoms with Crippen molar-refractivity contribution in [2.24, 2.45) is 11.7 Å². The molecule has 4 heteroatoms. The molecule has 14 heavy (non-hydrogen) atoms. The van der Waals surface area contributed by atoms with E-state index in [4.69, 9.17) is 5.73 Å². The van der Waals surface area contributed by atoms with Gasteiger partial charge >= 0.3 is 0 Å². The van der Waals surface area contributed by atoms with Gasteiger partial charge in [0, 0.05) is 30.6 Å². The fourth-order valence-corrected chi connectivity index (χ4v) is 2.83. The molecule has 0 spiro atoms. The lowest BCUT2D eigenvalue weighted by atomic mass is 10.1. The van der Waals surface area contributed by atoms with Crippen LogP contribution in [0.3, 0.4) is 0 Å². The van der Waals surface area contributed by atoms with Gasteiger partial charge < -0.3 is 10.6 Å². The number of hydrogen-bond donors (Lipinski definition) is 1. The number of amides is 1. The Hall–Kier alpha value is -0.480. The molecule has 1 aliphatic carbocycles. The molecule has 2 atom stereocenters. The molecule has 78 valence electrons. The van der Waals surface area contributed by atoms with Crippen LogP contribution in [0.15, 0.2) is 12.2 Å². The molecule has 2 N–H and O–H groups in total. The summed E-state index contributed by atoms with van der Waals surface area (Å²) in [6, 6.07) is 0.0862. The molecular weight excluding hydrogens is 196 g/mol. The third-order valence-corrected chi connectivity index (χ3v) is 3.70. The molecule has 0 bridgehead atoms. The second-order valence-corrected chi connectivity index (χ2v) is 5.05. The van der Waals surface area contributed by atoms with Crippen LogP contribution in [0.2, 0.25) is 0 Å². The Morgan fingerprint density at radius 1 is 1.36 bits per heavy atom. The van der Waals surface area contributed by atoms with E-state index in [1.54, 1.807) is 0 Å². The Morgan fingerprint density at radius 2 is 2.07 bits per heavy atom. The second-order valence-electron chi connectivity index (χ2n) is 3.83. The molecule has 0 aromatic rings. The van der Waals surface area contributed by atoms with Gasteiger partial charge in [-0.15, -0.1) is 0 Å². The summed E-state index contributed by atoms with van der Waals surface area (Å²) in [6.07, 6.45) is 4.71. The van der Waals surface area contributed by atoms with Crippen molar-refractivity contribution >= 4 is 17.7 Å². The van der Waals surface area contributed by atoms with Gasteiger partial charge in [0.2, 0.25) is 5.91 Å². The maximum absolute atomic E-state index is 12.0. The van der Waals surface area contributed by atoms with Crippen molar-refractivity contribution in [1.82, 2.24) is 4.90 Å². The molecular formula is C10H16N2OS. The third kappa shape index (κ3) is 2.12. The Morgan fingerprint density at radius 3 is 2.64 bits per heavy atom. The van der Waals surface area contributed by atoms with Crippen LogP contribution in [0.4, 0.5) is 0 Å². The molecule has 1 fully saturated rings. The first-order valence-electron chi connectivity index (χ1n) is 5.08. The van der Waals surface area contributed by atoms with Crippen molar-refractivity contribution in [1.29, 1.82) is 0 Å². The Bertz CT molecular complexity index is 249. The largest absolute Gasteiger partial charge is 0.341 e. The van der Waals surface area contributed by atoms with Crippen LogP contribution in [0.25, 0.3) is 0 Å². The van der Waals surface area contributed by atoms with Gasteiger partial charge in [0.15, 0.2) is 0 Å². The smallest absolute Gasteiger partial charge is 0.229 e. The quantitative estimate of drug-likeness (QED) is 0.643. The summed E-state index contributed by atoms with van der Waals surface area (Å²) >= 11 is 1.92. The normalized spacial score (nSPS) is 32.2. The zero-order chi connectivity index (χ0) is 9.97. The number of nitrogens with zero attached hydrogens (tertiary/aromatic N) is 1. The monoisotopic (exact) mass is 212 g/mol. The molecule has 1 saturated heterocycles. The number of hydrogen-bond acceptors (Lipinski definition) is 3. The first kappa shape index (κ1) is 10.1. The van der Waals surface area contributed by atoms with Crippen LogP contribution in [0, 0.1) is 5.92 Å². The maximum Gasteiger partial charge on any atom is 0.229 e.